The summed E-state index contributed by atoms with van der Waals surface area (Å²) in [6.45, 7) is 33.6. The lowest BCUT2D eigenvalue weighted by Crippen LogP contribution is -2.77. The van der Waals surface area contributed by atoms with Crippen LogP contribution < -0.4 is 37.1 Å². The molecule has 6 heterocycles. The molecule has 1 spiro atoms. The quantitative estimate of drug-likeness (QED) is 0.146. The fourth-order valence-corrected chi connectivity index (χ4v) is 18.6. The van der Waals surface area contributed by atoms with Gasteiger partial charge in [-0.15, -0.1) is 0 Å². The van der Waals surface area contributed by atoms with E-state index in [1.165, 1.54) is 110 Å². The Labute approximate surface area is 386 Å². The van der Waals surface area contributed by atoms with Gasteiger partial charge in [-0.1, -0.05) is 170 Å². The lowest BCUT2D eigenvalue weighted by molar-refractivity contribution is 0.590. The Morgan fingerprint density at radius 3 is 1.63 bits per heavy atom. The summed E-state index contributed by atoms with van der Waals surface area (Å²) >= 11 is 0. The van der Waals surface area contributed by atoms with E-state index in [0.29, 0.717) is 5.92 Å². The van der Waals surface area contributed by atoms with Crippen LogP contribution in [-0.4, -0.2) is 23.9 Å². The molecule has 65 heavy (non-hydrogen) atoms. The second-order valence-electron chi connectivity index (χ2n) is 24.8. The van der Waals surface area contributed by atoms with Crippen molar-refractivity contribution in [1.82, 2.24) is 9.13 Å². The first-order chi connectivity index (χ1) is 30.6. The second kappa shape index (κ2) is 12.1. The molecule has 0 saturated carbocycles. The van der Waals surface area contributed by atoms with Gasteiger partial charge in [0.2, 0.25) is 0 Å². The maximum atomic E-state index is 2.82. The maximum absolute atomic E-state index is 2.97. The van der Waals surface area contributed by atoms with Gasteiger partial charge in [0.1, 0.15) is 0 Å². The first kappa shape index (κ1) is 39.8. The number of fused-ring (bicyclic) bond motifs is 14. The highest BCUT2D eigenvalue weighted by molar-refractivity contribution is 7.24. The topological polar surface area (TPSA) is 9.86 Å². The zero-order valence-corrected chi connectivity index (χ0v) is 41.9. The van der Waals surface area contributed by atoms with Crippen molar-refractivity contribution in [2.24, 2.45) is 0 Å². The van der Waals surface area contributed by atoms with Crippen molar-refractivity contribution in [3.63, 3.8) is 0 Å². The van der Waals surface area contributed by atoms with Crippen LogP contribution >= 0.6 is 0 Å². The first-order valence-corrected chi connectivity index (χ1v) is 26.3. The average Bonchev–Trinajstić information content (AvgIpc) is 3.86. The van der Waals surface area contributed by atoms with Crippen molar-refractivity contribution < 1.29 is 0 Å². The largest absolute Gasteiger partial charge is 0.310 e. The molecule has 2 nitrogen and oxygen atoms in total. The Morgan fingerprint density at radius 2 is 1.00 bits per heavy atom. The minimum atomic E-state index is -2.97. The van der Waals surface area contributed by atoms with Crippen molar-refractivity contribution in [3.8, 4) is 22.5 Å². The van der Waals surface area contributed by atoms with Gasteiger partial charge in [0.25, 0.3) is 6.71 Å². The minimum absolute atomic E-state index is 0.0338. The summed E-state index contributed by atoms with van der Waals surface area (Å²) in [6.07, 6.45) is 0. The van der Waals surface area contributed by atoms with Crippen LogP contribution in [0.1, 0.15) is 131 Å². The summed E-state index contributed by atoms with van der Waals surface area (Å²) in [4.78, 5) is 0. The molecule has 1 atom stereocenters. The summed E-state index contributed by atoms with van der Waals surface area (Å²) in [7, 11) is -2.97. The summed E-state index contributed by atoms with van der Waals surface area (Å²) < 4.78 is 5.52. The van der Waals surface area contributed by atoms with E-state index in [1.807, 2.05) is 0 Å². The molecule has 0 fully saturated rings. The monoisotopic (exact) mass is 860 g/mol. The number of rotatable bonds is 1. The highest BCUT2D eigenvalue weighted by atomic mass is 28.3. The van der Waals surface area contributed by atoms with Gasteiger partial charge in [-0.3, -0.25) is 0 Å². The maximum Gasteiger partial charge on any atom is 0.252 e. The Morgan fingerprint density at radius 1 is 0.446 bits per heavy atom. The fourth-order valence-electron chi connectivity index (χ4n) is 12.9. The Balaban J connectivity index is 1.31. The van der Waals surface area contributed by atoms with Crippen LogP contribution in [0.25, 0.3) is 66.1 Å². The molecule has 9 aromatic rings. The molecule has 0 N–H and O–H groups in total. The van der Waals surface area contributed by atoms with Crippen molar-refractivity contribution in [2.45, 2.75) is 125 Å². The summed E-state index contributed by atoms with van der Waals surface area (Å²) in [5.74, 6) is 0.424. The number of benzene rings is 7. The van der Waals surface area contributed by atoms with Gasteiger partial charge in [0.15, 0.2) is 8.07 Å². The van der Waals surface area contributed by atoms with Gasteiger partial charge in [-0.05, 0) is 140 Å². The van der Waals surface area contributed by atoms with Crippen molar-refractivity contribution >= 4 is 95.5 Å². The van der Waals surface area contributed by atoms with Gasteiger partial charge in [-0.2, -0.15) is 0 Å². The van der Waals surface area contributed by atoms with E-state index in [0.717, 1.165) is 0 Å². The van der Waals surface area contributed by atoms with Crippen LogP contribution in [0.4, 0.5) is 0 Å². The predicted molar refractivity (Wildman–Crippen MR) is 285 cm³/mol. The molecule has 4 aliphatic heterocycles. The van der Waals surface area contributed by atoms with Crippen LogP contribution in [0.2, 0.25) is 0 Å². The minimum Gasteiger partial charge on any atom is -0.310 e. The molecule has 0 saturated heterocycles. The molecule has 2 aromatic heterocycles. The van der Waals surface area contributed by atoms with Crippen LogP contribution in [0.3, 0.4) is 0 Å². The van der Waals surface area contributed by atoms with Gasteiger partial charge in [-0.25, -0.2) is 0 Å². The summed E-state index contributed by atoms with van der Waals surface area (Å²) in [6, 6.07) is 45.5. The third-order valence-corrected chi connectivity index (χ3v) is 21.3. The van der Waals surface area contributed by atoms with E-state index < -0.39 is 8.07 Å². The lowest BCUT2D eigenvalue weighted by atomic mass is 9.34. The van der Waals surface area contributed by atoms with Crippen molar-refractivity contribution in [2.75, 3.05) is 0 Å². The normalized spacial score (nSPS) is 16.9. The molecule has 0 bridgehead atoms. The second-order valence-corrected chi connectivity index (χ2v) is 28.5. The number of nitrogens with zero attached hydrogens (tertiary/aromatic N) is 2. The van der Waals surface area contributed by atoms with E-state index in [4.69, 9.17) is 0 Å². The highest BCUT2D eigenvalue weighted by Crippen LogP contribution is 2.46. The molecule has 1 unspecified atom stereocenters. The van der Waals surface area contributed by atoms with E-state index in [-0.39, 0.29) is 28.4 Å². The Hall–Kier alpha value is -5.58. The standard InChI is InChI=1S/C61H61BN2Si/c1-33(2)34-19-21-40-39-17-15-16-18-49(39)65(51(40)25-34)50-24-23-48-53-57(50)64-55-43(44-29-38(61(12,13)14)32-52(65)56(44)64)28-37(60(9,10)11)31-46(55)62(53)45-30-36(59(6,7)8)27-42-41-26-35(58(3,4)5)20-22-47(41)63(48)54(42)45/h15-33H,1-14H3. The molecule has 322 valence electrons. The zero-order chi connectivity index (χ0) is 45.4. The van der Waals surface area contributed by atoms with Crippen LogP contribution in [0, 0.1) is 0 Å². The SMILES string of the molecule is CC(C)c1ccc2c(c1)[Si]1(c3ccccc3-2)c2ccc3c4c2-n2c5c(cc(C(C)(C)C)cc5c5cc(C(C)(C)C)cc1c52)B4c1cc(C(C)(C)C)cc2c4cc(C(C)(C)C)ccc4n-3c12. The van der Waals surface area contributed by atoms with Gasteiger partial charge < -0.3 is 9.13 Å². The number of aromatic nitrogens is 2. The predicted octanol–water partition coefficient (Wildman–Crippen LogP) is 11.0. The number of hydrogen-bond donors (Lipinski definition) is 0. The van der Waals surface area contributed by atoms with E-state index in [1.54, 1.807) is 20.7 Å². The lowest BCUT2D eigenvalue weighted by Gasteiger charge is -2.43. The van der Waals surface area contributed by atoms with Crippen molar-refractivity contribution in [1.29, 1.82) is 0 Å². The Kier molecular flexibility index (Phi) is 7.37. The Bertz CT molecular complexity index is 3680. The molecule has 4 aliphatic rings. The molecule has 0 radical (unpaired) electrons. The summed E-state index contributed by atoms with van der Waals surface area (Å²) in [5, 5.41) is 11.8. The molecular weight excluding hydrogens is 800 g/mol. The molecule has 0 aliphatic carbocycles. The third-order valence-electron chi connectivity index (χ3n) is 16.5. The van der Waals surface area contributed by atoms with E-state index in [9.17, 15) is 0 Å². The zero-order valence-electron chi connectivity index (χ0n) is 40.9. The molecule has 13 rings (SSSR count). The van der Waals surface area contributed by atoms with Crippen molar-refractivity contribution in [3.05, 3.63) is 137 Å². The van der Waals surface area contributed by atoms with E-state index >= 15 is 0 Å². The van der Waals surface area contributed by atoms with Crippen LogP contribution in [-0.2, 0) is 21.7 Å². The highest BCUT2D eigenvalue weighted by Gasteiger charge is 2.56. The summed E-state index contributed by atoms with van der Waals surface area (Å²) in [5.41, 5.74) is 22.6. The van der Waals surface area contributed by atoms with Crippen LogP contribution in [0.5, 0.6) is 0 Å². The smallest absolute Gasteiger partial charge is 0.252 e. The van der Waals surface area contributed by atoms with E-state index in [2.05, 4.69) is 215 Å². The average molecular weight is 861 g/mol. The van der Waals surface area contributed by atoms with Crippen LogP contribution in [0.15, 0.2) is 109 Å². The number of hydrogen-bond acceptors (Lipinski definition) is 0. The van der Waals surface area contributed by atoms with Gasteiger partial charge in [0.05, 0.1) is 11.0 Å². The molecule has 0 amide bonds. The van der Waals surface area contributed by atoms with Gasteiger partial charge >= 0.3 is 0 Å². The first-order valence-electron chi connectivity index (χ1n) is 24.3. The molecule has 4 heteroatoms. The van der Waals surface area contributed by atoms with Gasteiger partial charge in [0, 0.05) is 44.0 Å². The molecular formula is C61H61BN2Si. The third kappa shape index (κ3) is 4.82. The molecule has 7 aromatic carbocycles. The fraction of sp³-hybridized carbons (Fsp3) is 0.311.